The first-order chi connectivity index (χ1) is 23.2. The summed E-state index contributed by atoms with van der Waals surface area (Å²) < 4.78 is 52.9. The van der Waals surface area contributed by atoms with Gasteiger partial charge in [-0.1, -0.05) is 36.9 Å². The van der Waals surface area contributed by atoms with E-state index >= 15 is 8.78 Å². The Hall–Kier alpha value is -6.15. The van der Waals surface area contributed by atoms with E-state index in [0.29, 0.717) is 29.9 Å². The fourth-order valence-corrected chi connectivity index (χ4v) is 4.94. The minimum atomic E-state index is -1.09. The standard InChI is InChI=1S/C37H30F3N5O3/c1-3-24(21-41)16-29(38)23(2)22-48-36-11-7-10-32(44-36)28-20-30(39)26(17-31(28)40)19-35-43-33-13-12-25(37(46)47)18-34(33)45(35)15-14-42-27-8-5-4-6-9-27/h3-13,16-18,20,42H,1,14-15,19,22H2,2H3,(H,46,47)/b24-16+,29-23-. The lowest BCUT2D eigenvalue weighted by atomic mass is 10.0. The van der Waals surface area contributed by atoms with Gasteiger partial charge in [-0.05, 0) is 72.7 Å². The molecular weight excluding hydrogens is 619 g/mol. The van der Waals surface area contributed by atoms with Crippen LogP contribution in [0.3, 0.4) is 0 Å². The van der Waals surface area contributed by atoms with Crippen LogP contribution in [0.1, 0.15) is 28.7 Å². The molecule has 2 heterocycles. The lowest BCUT2D eigenvalue weighted by Gasteiger charge is -2.13. The first-order valence-electron chi connectivity index (χ1n) is 14.9. The smallest absolute Gasteiger partial charge is 0.335 e. The van der Waals surface area contributed by atoms with E-state index in [1.54, 1.807) is 16.7 Å². The average Bonchev–Trinajstić information content (AvgIpc) is 3.43. The number of carbonyl (C=O) groups is 1. The van der Waals surface area contributed by atoms with E-state index in [0.717, 1.165) is 23.9 Å². The fourth-order valence-electron chi connectivity index (χ4n) is 4.94. The van der Waals surface area contributed by atoms with Crippen molar-refractivity contribution in [3.63, 3.8) is 0 Å². The van der Waals surface area contributed by atoms with Crippen molar-refractivity contribution in [1.82, 2.24) is 14.5 Å². The van der Waals surface area contributed by atoms with Crippen molar-refractivity contribution < 1.29 is 27.8 Å². The Labute approximate surface area is 274 Å². The van der Waals surface area contributed by atoms with Crippen molar-refractivity contribution in [2.45, 2.75) is 19.9 Å². The number of halogens is 3. The monoisotopic (exact) mass is 649 g/mol. The third-order valence-corrected chi connectivity index (χ3v) is 7.47. The molecule has 0 aliphatic carbocycles. The highest BCUT2D eigenvalue weighted by atomic mass is 19.1. The average molecular weight is 650 g/mol. The molecule has 8 nitrogen and oxygen atoms in total. The summed E-state index contributed by atoms with van der Waals surface area (Å²) in [6, 6.07) is 22.6. The molecule has 0 aliphatic heterocycles. The maximum absolute atomic E-state index is 15.6. The topological polar surface area (TPSA) is 113 Å². The third kappa shape index (κ3) is 7.79. The highest BCUT2D eigenvalue weighted by Crippen LogP contribution is 2.28. The van der Waals surface area contributed by atoms with Gasteiger partial charge in [-0.15, -0.1) is 0 Å². The number of allylic oxidation sites excluding steroid dienone is 4. The Morgan fingerprint density at radius 1 is 1.06 bits per heavy atom. The number of para-hydroxylation sites is 1. The van der Waals surface area contributed by atoms with Gasteiger partial charge in [0.1, 0.15) is 29.9 Å². The van der Waals surface area contributed by atoms with Crippen LogP contribution >= 0.6 is 0 Å². The summed E-state index contributed by atoms with van der Waals surface area (Å²) in [5.74, 6) is -2.66. The number of nitrogens with one attached hydrogen (secondary N) is 1. The molecule has 11 heteroatoms. The number of aromatic carboxylic acids is 1. The molecule has 5 rings (SSSR count). The normalized spacial score (nSPS) is 11.9. The summed E-state index contributed by atoms with van der Waals surface area (Å²) >= 11 is 0. The quantitative estimate of drug-likeness (QED) is 0.0981. The van der Waals surface area contributed by atoms with Crippen LogP contribution in [-0.4, -0.2) is 38.8 Å². The van der Waals surface area contributed by atoms with E-state index in [-0.39, 0.29) is 52.4 Å². The number of rotatable bonds is 13. The van der Waals surface area contributed by atoms with Crippen LogP contribution in [0.4, 0.5) is 18.9 Å². The molecule has 0 unspecified atom stereocenters. The molecule has 0 bridgehead atoms. The summed E-state index contributed by atoms with van der Waals surface area (Å²) in [5.41, 5.74) is 2.38. The number of imidazole rings is 1. The van der Waals surface area contributed by atoms with Crippen LogP contribution in [0.2, 0.25) is 0 Å². The van der Waals surface area contributed by atoms with Crippen molar-refractivity contribution in [3.8, 4) is 23.2 Å². The number of nitrogens with zero attached hydrogens (tertiary/aromatic N) is 4. The number of hydrogen-bond donors (Lipinski definition) is 2. The van der Waals surface area contributed by atoms with Crippen LogP contribution in [0, 0.1) is 23.0 Å². The number of benzene rings is 3. The second-order valence-corrected chi connectivity index (χ2v) is 10.8. The maximum Gasteiger partial charge on any atom is 0.335 e. The minimum absolute atomic E-state index is 0.0511. The molecule has 0 fully saturated rings. The SMILES string of the molecule is C=C/C(C#N)=C\C(F)=C(/C)COc1cccc(-c2cc(F)c(Cc3nc4ccc(C(=O)O)cc4n3CCNc3ccccc3)cc2F)n1. The zero-order valence-electron chi connectivity index (χ0n) is 25.9. The third-order valence-electron chi connectivity index (χ3n) is 7.47. The van der Waals surface area contributed by atoms with Crippen molar-refractivity contribution in [2.24, 2.45) is 0 Å². The molecule has 48 heavy (non-hydrogen) atoms. The predicted molar refractivity (Wildman–Crippen MR) is 177 cm³/mol. The Morgan fingerprint density at radius 2 is 1.85 bits per heavy atom. The molecule has 0 saturated heterocycles. The lowest BCUT2D eigenvalue weighted by molar-refractivity contribution is 0.0697. The first kappa shape index (κ1) is 33.2. The molecule has 0 atom stereocenters. The molecule has 2 aromatic heterocycles. The van der Waals surface area contributed by atoms with Crippen molar-refractivity contribution in [1.29, 1.82) is 5.26 Å². The zero-order chi connectivity index (χ0) is 34.2. The van der Waals surface area contributed by atoms with Crippen LogP contribution in [-0.2, 0) is 13.0 Å². The lowest BCUT2D eigenvalue weighted by Crippen LogP contribution is -2.14. The van der Waals surface area contributed by atoms with Crippen molar-refractivity contribution >= 4 is 22.7 Å². The largest absolute Gasteiger partial charge is 0.478 e. The summed E-state index contributed by atoms with van der Waals surface area (Å²) in [4.78, 5) is 20.6. The molecule has 242 valence electrons. The number of anilines is 1. The molecule has 0 amide bonds. The van der Waals surface area contributed by atoms with E-state index in [2.05, 4.69) is 21.9 Å². The number of carboxylic acids is 1. The first-order valence-corrected chi connectivity index (χ1v) is 14.9. The van der Waals surface area contributed by atoms with E-state index in [4.69, 9.17) is 10.00 Å². The predicted octanol–water partition coefficient (Wildman–Crippen LogP) is 8.04. The number of ether oxygens (including phenoxy) is 1. The molecular formula is C37H30F3N5O3. The number of fused-ring (bicyclic) bond motifs is 1. The van der Waals surface area contributed by atoms with E-state index in [1.807, 2.05) is 36.4 Å². The van der Waals surface area contributed by atoms with Gasteiger partial charge in [0.25, 0.3) is 0 Å². The Bertz CT molecular complexity index is 2100. The second-order valence-electron chi connectivity index (χ2n) is 10.8. The van der Waals surface area contributed by atoms with Gasteiger partial charge in [-0.3, -0.25) is 0 Å². The van der Waals surface area contributed by atoms with E-state index in [9.17, 15) is 14.3 Å². The van der Waals surface area contributed by atoms with Crippen LogP contribution < -0.4 is 10.1 Å². The molecule has 5 aromatic rings. The summed E-state index contributed by atoms with van der Waals surface area (Å²) in [6.07, 6.45) is 2.21. The van der Waals surface area contributed by atoms with Gasteiger partial charge in [0.15, 0.2) is 0 Å². The highest BCUT2D eigenvalue weighted by molar-refractivity contribution is 5.92. The highest BCUT2D eigenvalue weighted by Gasteiger charge is 2.19. The Balaban J connectivity index is 1.39. The maximum atomic E-state index is 15.6. The van der Waals surface area contributed by atoms with Gasteiger partial charge in [0.2, 0.25) is 5.88 Å². The Morgan fingerprint density at radius 3 is 2.58 bits per heavy atom. The molecule has 0 radical (unpaired) electrons. The number of hydrogen-bond acceptors (Lipinski definition) is 6. The molecule has 0 aliphatic rings. The van der Waals surface area contributed by atoms with Crippen LogP contribution in [0.15, 0.2) is 115 Å². The van der Waals surface area contributed by atoms with Gasteiger partial charge >= 0.3 is 5.97 Å². The number of carboxylic acid groups (broad SMARTS) is 1. The molecule has 0 spiro atoms. The molecule has 2 N–H and O–H groups in total. The van der Waals surface area contributed by atoms with Gasteiger partial charge in [0, 0.05) is 36.8 Å². The Kier molecular flexibility index (Phi) is 10.4. The summed E-state index contributed by atoms with van der Waals surface area (Å²) in [7, 11) is 0. The van der Waals surface area contributed by atoms with Gasteiger partial charge in [-0.2, -0.15) is 5.26 Å². The zero-order valence-corrected chi connectivity index (χ0v) is 25.9. The van der Waals surface area contributed by atoms with E-state index in [1.165, 1.54) is 37.3 Å². The summed E-state index contributed by atoms with van der Waals surface area (Å²) in [5, 5.41) is 21.8. The van der Waals surface area contributed by atoms with Crippen LogP contribution in [0.25, 0.3) is 22.3 Å². The van der Waals surface area contributed by atoms with Crippen molar-refractivity contribution in [2.75, 3.05) is 18.5 Å². The number of pyridine rings is 1. The van der Waals surface area contributed by atoms with E-state index < -0.39 is 23.4 Å². The number of nitriles is 1. The minimum Gasteiger partial charge on any atom is -0.478 e. The van der Waals surface area contributed by atoms with Crippen LogP contribution in [0.5, 0.6) is 5.88 Å². The summed E-state index contributed by atoms with van der Waals surface area (Å²) in [6.45, 7) is 5.59. The van der Waals surface area contributed by atoms with Crippen molar-refractivity contribution in [3.05, 3.63) is 143 Å². The fraction of sp³-hybridized carbons (Fsp3) is 0.135. The van der Waals surface area contributed by atoms with Gasteiger partial charge in [0.05, 0.1) is 33.9 Å². The second kappa shape index (κ2) is 15.0. The van der Waals surface area contributed by atoms with Gasteiger partial charge in [-0.25, -0.2) is 27.9 Å². The molecule has 3 aromatic carbocycles. The number of aromatic nitrogens is 3. The van der Waals surface area contributed by atoms with Gasteiger partial charge < -0.3 is 19.7 Å². The molecule has 0 saturated carbocycles.